The molecule has 0 saturated carbocycles. The average Bonchev–Trinajstić information content (AvgIpc) is 2.28. The summed E-state index contributed by atoms with van der Waals surface area (Å²) in [6, 6.07) is 0. The maximum absolute atomic E-state index is 10.9. The molecule has 0 fully saturated rings. The van der Waals surface area contributed by atoms with E-state index in [-0.39, 0.29) is 0 Å². The number of halogens is 2. The number of hydrogen-bond donors (Lipinski definition) is 0. The molecule has 5 heteroatoms. The van der Waals surface area contributed by atoms with E-state index in [1.807, 2.05) is 13.8 Å². The van der Waals surface area contributed by atoms with Gasteiger partial charge in [0.2, 0.25) is 0 Å². The Morgan fingerprint density at radius 3 is 2.67 bits per heavy atom. The number of nitrogens with zero attached hydrogens (tertiary/aromatic N) is 2. The van der Waals surface area contributed by atoms with E-state index in [1.54, 1.807) is 4.68 Å². The fraction of sp³-hybridized carbons (Fsp3) is 0.429. The van der Waals surface area contributed by atoms with Crippen LogP contribution in [-0.2, 0) is 6.54 Å². The minimum absolute atomic E-state index is 0.427. The van der Waals surface area contributed by atoms with Gasteiger partial charge in [-0.2, -0.15) is 5.10 Å². The van der Waals surface area contributed by atoms with E-state index in [0.29, 0.717) is 16.7 Å². The number of hydrogen-bond acceptors (Lipinski definition) is 2. The van der Waals surface area contributed by atoms with Crippen molar-refractivity contribution in [2.45, 2.75) is 20.4 Å². The Morgan fingerprint density at radius 2 is 2.33 bits per heavy atom. The van der Waals surface area contributed by atoms with Crippen LogP contribution in [0.2, 0.25) is 0 Å². The highest BCUT2D eigenvalue weighted by atomic mass is 79.9. The number of aryl methyl sites for hydroxylation is 2. The second-order valence-electron chi connectivity index (χ2n) is 2.34. The quantitative estimate of drug-likeness (QED) is 0.756. The first-order chi connectivity index (χ1) is 5.57. The smallest absolute Gasteiger partial charge is 0.271 e. The molecule has 0 atom stereocenters. The predicted octanol–water partition coefficient (Wildman–Crippen LogP) is 2.35. The molecular formula is C7H8BrClN2O. The standard InChI is InChI=1S/C7H8BrClN2O/c1-3-11-6(7(9)12)5(8)4(2)10-11/h3H2,1-2H3. The second-order valence-corrected chi connectivity index (χ2v) is 3.47. The van der Waals surface area contributed by atoms with E-state index in [4.69, 9.17) is 11.6 Å². The molecule has 0 aliphatic carbocycles. The monoisotopic (exact) mass is 250 g/mol. The SMILES string of the molecule is CCn1nc(C)c(Br)c1C(=O)Cl. The third-order valence-corrected chi connectivity index (χ3v) is 2.67. The van der Waals surface area contributed by atoms with Crippen molar-refractivity contribution in [2.24, 2.45) is 0 Å². The minimum atomic E-state index is -0.482. The zero-order valence-electron chi connectivity index (χ0n) is 6.77. The Labute approximate surface area is 83.8 Å². The summed E-state index contributed by atoms with van der Waals surface area (Å²) in [5.74, 6) is 0. The molecule has 0 saturated heterocycles. The van der Waals surface area contributed by atoms with Crippen LogP contribution in [0.1, 0.15) is 23.1 Å². The van der Waals surface area contributed by atoms with Crippen molar-refractivity contribution in [1.29, 1.82) is 0 Å². The number of rotatable bonds is 2. The maximum Gasteiger partial charge on any atom is 0.271 e. The summed E-state index contributed by atoms with van der Waals surface area (Å²) < 4.78 is 2.26. The van der Waals surface area contributed by atoms with Gasteiger partial charge in [-0.25, -0.2) is 0 Å². The van der Waals surface area contributed by atoms with Crippen molar-refractivity contribution in [3.8, 4) is 0 Å². The lowest BCUT2D eigenvalue weighted by molar-refractivity contribution is 0.107. The van der Waals surface area contributed by atoms with Crippen LogP contribution in [0.15, 0.2) is 4.47 Å². The predicted molar refractivity (Wildman–Crippen MR) is 50.5 cm³/mol. The first-order valence-corrected chi connectivity index (χ1v) is 4.67. The zero-order valence-corrected chi connectivity index (χ0v) is 9.11. The molecule has 1 heterocycles. The summed E-state index contributed by atoms with van der Waals surface area (Å²) in [6.45, 7) is 4.36. The highest BCUT2D eigenvalue weighted by molar-refractivity contribution is 9.10. The Morgan fingerprint density at radius 1 is 1.75 bits per heavy atom. The van der Waals surface area contributed by atoms with Gasteiger partial charge in [-0.05, 0) is 41.4 Å². The summed E-state index contributed by atoms with van der Waals surface area (Å²) in [5.41, 5.74) is 1.21. The van der Waals surface area contributed by atoms with Crippen molar-refractivity contribution in [1.82, 2.24) is 9.78 Å². The highest BCUT2D eigenvalue weighted by Crippen LogP contribution is 2.22. The van der Waals surface area contributed by atoms with Crippen LogP contribution < -0.4 is 0 Å². The van der Waals surface area contributed by atoms with E-state index in [9.17, 15) is 4.79 Å². The average molecular weight is 252 g/mol. The van der Waals surface area contributed by atoms with Gasteiger partial charge in [0, 0.05) is 6.54 Å². The van der Waals surface area contributed by atoms with Gasteiger partial charge >= 0.3 is 0 Å². The molecule has 0 aliphatic heterocycles. The van der Waals surface area contributed by atoms with Crippen LogP contribution in [0.5, 0.6) is 0 Å². The Kier molecular flexibility index (Phi) is 2.90. The fourth-order valence-electron chi connectivity index (χ4n) is 0.976. The van der Waals surface area contributed by atoms with Gasteiger partial charge in [0.05, 0.1) is 10.2 Å². The zero-order chi connectivity index (χ0) is 9.30. The molecule has 0 bridgehead atoms. The van der Waals surface area contributed by atoms with E-state index < -0.39 is 5.24 Å². The van der Waals surface area contributed by atoms with E-state index in [0.717, 1.165) is 5.69 Å². The van der Waals surface area contributed by atoms with Crippen LogP contribution in [-0.4, -0.2) is 15.0 Å². The van der Waals surface area contributed by atoms with E-state index >= 15 is 0 Å². The number of aromatic nitrogens is 2. The lowest BCUT2D eigenvalue weighted by Gasteiger charge is -1.98. The van der Waals surface area contributed by atoms with Crippen LogP contribution in [0.25, 0.3) is 0 Å². The molecule has 1 rings (SSSR count). The maximum atomic E-state index is 10.9. The van der Waals surface area contributed by atoms with Crippen LogP contribution in [0.4, 0.5) is 0 Å². The molecule has 1 aromatic heterocycles. The van der Waals surface area contributed by atoms with Crippen molar-refractivity contribution < 1.29 is 4.79 Å². The summed E-state index contributed by atoms with van der Waals surface area (Å²) in [4.78, 5) is 10.9. The summed E-state index contributed by atoms with van der Waals surface area (Å²) in [6.07, 6.45) is 0. The van der Waals surface area contributed by atoms with Crippen molar-refractivity contribution in [3.05, 3.63) is 15.9 Å². The van der Waals surface area contributed by atoms with Crippen LogP contribution in [0, 0.1) is 6.92 Å². The second kappa shape index (κ2) is 3.58. The largest absolute Gasteiger partial charge is 0.274 e. The van der Waals surface area contributed by atoms with Gasteiger partial charge in [0.1, 0.15) is 5.69 Å². The topological polar surface area (TPSA) is 34.9 Å². The fourth-order valence-corrected chi connectivity index (χ4v) is 1.75. The molecule has 0 aromatic carbocycles. The van der Waals surface area contributed by atoms with Gasteiger partial charge in [-0.1, -0.05) is 0 Å². The lowest BCUT2D eigenvalue weighted by atomic mass is 10.4. The molecule has 0 amide bonds. The van der Waals surface area contributed by atoms with Crippen molar-refractivity contribution in [3.63, 3.8) is 0 Å². The number of carbonyl (C=O) groups excluding carboxylic acids is 1. The molecule has 12 heavy (non-hydrogen) atoms. The Hall–Kier alpha value is -0.350. The molecular weight excluding hydrogens is 243 g/mol. The minimum Gasteiger partial charge on any atom is -0.274 e. The molecule has 1 aromatic rings. The molecule has 0 spiro atoms. The van der Waals surface area contributed by atoms with Gasteiger partial charge in [0.15, 0.2) is 0 Å². The highest BCUT2D eigenvalue weighted by Gasteiger charge is 2.16. The van der Waals surface area contributed by atoms with Crippen molar-refractivity contribution >= 4 is 32.8 Å². The van der Waals surface area contributed by atoms with E-state index in [1.165, 1.54) is 0 Å². The molecule has 66 valence electrons. The third kappa shape index (κ3) is 1.54. The molecule has 0 aliphatic rings. The Bertz CT molecular complexity index is 321. The summed E-state index contributed by atoms with van der Waals surface area (Å²) in [5, 5.41) is 3.63. The van der Waals surface area contributed by atoms with Gasteiger partial charge in [-0.3, -0.25) is 9.48 Å². The van der Waals surface area contributed by atoms with Crippen LogP contribution in [0.3, 0.4) is 0 Å². The lowest BCUT2D eigenvalue weighted by Crippen LogP contribution is -2.05. The first-order valence-electron chi connectivity index (χ1n) is 3.50. The third-order valence-electron chi connectivity index (χ3n) is 1.54. The van der Waals surface area contributed by atoms with Crippen LogP contribution >= 0.6 is 27.5 Å². The number of carbonyl (C=O) groups is 1. The molecule has 3 nitrogen and oxygen atoms in total. The van der Waals surface area contributed by atoms with E-state index in [2.05, 4.69) is 21.0 Å². The molecule has 0 radical (unpaired) electrons. The Balaban J connectivity index is 3.31. The van der Waals surface area contributed by atoms with Gasteiger partial charge in [-0.15, -0.1) is 0 Å². The van der Waals surface area contributed by atoms with Gasteiger partial charge < -0.3 is 0 Å². The van der Waals surface area contributed by atoms with Gasteiger partial charge in [0.25, 0.3) is 5.24 Å². The first kappa shape index (κ1) is 9.74. The summed E-state index contributed by atoms with van der Waals surface area (Å²) in [7, 11) is 0. The molecule has 0 unspecified atom stereocenters. The summed E-state index contributed by atoms with van der Waals surface area (Å²) >= 11 is 8.63. The molecule has 0 N–H and O–H groups in total. The normalized spacial score (nSPS) is 10.3. The van der Waals surface area contributed by atoms with Crippen molar-refractivity contribution in [2.75, 3.05) is 0 Å².